The van der Waals surface area contributed by atoms with Gasteiger partial charge in [-0.3, -0.25) is 19.2 Å². The van der Waals surface area contributed by atoms with Crippen molar-refractivity contribution in [3.05, 3.63) is 187 Å². The van der Waals surface area contributed by atoms with Gasteiger partial charge in [0, 0.05) is 38.5 Å². The van der Waals surface area contributed by atoms with Crippen LogP contribution in [-0.2, 0) is 25.7 Å². The summed E-state index contributed by atoms with van der Waals surface area (Å²) in [7, 11) is 0. The van der Waals surface area contributed by atoms with E-state index in [1.54, 1.807) is 0 Å². The van der Waals surface area contributed by atoms with Crippen LogP contribution in [0.5, 0.6) is 0 Å². The van der Waals surface area contributed by atoms with Crippen LogP contribution in [0.2, 0.25) is 0 Å². The van der Waals surface area contributed by atoms with E-state index in [4.69, 9.17) is 9.47 Å². The van der Waals surface area contributed by atoms with Crippen molar-refractivity contribution in [3.8, 4) is 33.4 Å². The number of hydrogen-bond donors (Lipinski definition) is 0. The highest BCUT2D eigenvalue weighted by Crippen LogP contribution is 2.59. The molecule has 0 bridgehead atoms. The predicted octanol–water partition coefficient (Wildman–Crippen LogP) is 20.1. The van der Waals surface area contributed by atoms with Crippen LogP contribution in [0.25, 0.3) is 44.5 Å². The minimum absolute atomic E-state index is 0.109. The van der Waals surface area contributed by atoms with Crippen LogP contribution in [0.3, 0.4) is 0 Å². The number of carbonyl (C=O) groups is 4. The van der Waals surface area contributed by atoms with Crippen molar-refractivity contribution >= 4 is 34.3 Å². The van der Waals surface area contributed by atoms with Gasteiger partial charge in [-0.05, 0) is 181 Å². The summed E-state index contributed by atoms with van der Waals surface area (Å²) < 4.78 is 13.2. The first-order valence-corrected chi connectivity index (χ1v) is 32.1. The van der Waals surface area contributed by atoms with Gasteiger partial charge in [0.05, 0.1) is 23.4 Å². The Labute approximate surface area is 494 Å². The molecule has 6 heteroatoms. The molecule has 0 saturated carbocycles. The summed E-state index contributed by atoms with van der Waals surface area (Å²) in [5.41, 5.74) is 16.3. The average molecular weight is 1110 g/mol. The number of carbonyl (C=O) groups excluding carboxylic acids is 4. The number of allylic oxidation sites excluding steroid dienone is 4. The summed E-state index contributed by atoms with van der Waals surface area (Å²) in [5, 5.41) is 0. The van der Waals surface area contributed by atoms with Crippen molar-refractivity contribution < 1.29 is 28.7 Å². The lowest BCUT2D eigenvalue weighted by molar-refractivity contribution is 0.0820. The zero-order chi connectivity index (χ0) is 58.5. The van der Waals surface area contributed by atoms with E-state index in [0.29, 0.717) is 44.5 Å². The molecule has 5 aliphatic carbocycles. The number of benzene rings is 6. The van der Waals surface area contributed by atoms with E-state index in [0.717, 1.165) is 171 Å². The summed E-state index contributed by atoms with van der Waals surface area (Å²) in [5.74, 6) is -0.681. The number of unbranched alkanes of at least 4 members (excludes halogenated alkanes) is 6. The number of rotatable bonds is 24. The molecule has 11 rings (SSSR count). The van der Waals surface area contributed by atoms with Crippen molar-refractivity contribution in [3.63, 3.8) is 0 Å². The summed E-state index contributed by atoms with van der Waals surface area (Å²) in [6.45, 7) is 21.1. The van der Waals surface area contributed by atoms with Crippen LogP contribution in [0, 0.1) is 0 Å². The summed E-state index contributed by atoms with van der Waals surface area (Å²) in [6.07, 6.45) is 17.2. The van der Waals surface area contributed by atoms with Crippen molar-refractivity contribution in [2.45, 2.75) is 213 Å². The Bertz CT molecular complexity index is 3390. The second-order valence-electron chi connectivity index (χ2n) is 25.4. The molecule has 6 nitrogen and oxygen atoms in total. The monoisotopic (exact) mass is 1110 g/mol. The molecule has 0 fully saturated rings. The highest BCUT2D eigenvalue weighted by molar-refractivity contribution is 6.41. The van der Waals surface area contributed by atoms with E-state index >= 15 is 19.2 Å². The zero-order valence-corrected chi connectivity index (χ0v) is 51.2. The van der Waals surface area contributed by atoms with Gasteiger partial charge in [-0.1, -0.05) is 191 Å². The van der Waals surface area contributed by atoms with Crippen LogP contribution in [-0.4, -0.2) is 35.3 Å². The number of Topliss-reactive ketones (excluding diaryl/α,β-unsaturated/α-hetero) is 4. The minimum atomic E-state index is -0.517. The quantitative estimate of drug-likeness (QED) is 0.0600. The first-order valence-electron chi connectivity index (χ1n) is 32.1. The fourth-order valence-corrected chi connectivity index (χ4v) is 15.6. The molecule has 6 aromatic carbocycles. The van der Waals surface area contributed by atoms with E-state index in [-0.39, 0.29) is 57.7 Å². The maximum Gasteiger partial charge on any atom is 0.229 e. The zero-order valence-electron chi connectivity index (χ0n) is 51.2. The Morgan fingerprint density at radius 3 is 0.928 bits per heavy atom. The standard InChI is InChI=1S/C77H86O6/c1-11-17-35-75(36-18-12-2)61-29-25-23-27-51(61)55-43-57-59(45-65(55)75)71(80)73(82-47(7)8)67(69(57)78)49-31-33-53-54-34-32-50(42-64(54)77(39-21-15-5,40-22-16-6)63(53)41-49)68-70(79)58-44-56-52-28-24-26-30-62(52)76(37-19-13-3,38-20-14-4)66(56)46-60(58)72(81)74(68)83-48(9)10/h23-34,41-48H,11-22,35-40H2,1-10H3. The third-order valence-corrected chi connectivity index (χ3v) is 19.5. The molecule has 5 aliphatic rings. The number of hydrogen-bond acceptors (Lipinski definition) is 6. The molecule has 0 aromatic heterocycles. The fourth-order valence-electron chi connectivity index (χ4n) is 15.6. The van der Waals surface area contributed by atoms with Crippen molar-refractivity contribution in [2.75, 3.05) is 0 Å². The van der Waals surface area contributed by atoms with Crippen LogP contribution in [0.15, 0.2) is 121 Å². The van der Waals surface area contributed by atoms with Gasteiger partial charge in [0.2, 0.25) is 11.6 Å². The third-order valence-electron chi connectivity index (χ3n) is 19.5. The number of fused-ring (bicyclic) bond motifs is 11. The topological polar surface area (TPSA) is 86.7 Å². The lowest BCUT2D eigenvalue weighted by atomic mass is 9.69. The molecule has 0 radical (unpaired) electrons. The van der Waals surface area contributed by atoms with Gasteiger partial charge in [-0.2, -0.15) is 0 Å². The Kier molecular flexibility index (Phi) is 16.2. The van der Waals surface area contributed by atoms with Crippen molar-refractivity contribution in [1.29, 1.82) is 0 Å². The Hall–Kier alpha value is -6.92. The Morgan fingerprint density at radius 2 is 0.602 bits per heavy atom. The molecule has 0 N–H and O–H groups in total. The van der Waals surface area contributed by atoms with Gasteiger partial charge < -0.3 is 9.47 Å². The first-order chi connectivity index (χ1) is 40.2. The normalized spacial score (nSPS) is 16.5. The molecular formula is C77H86O6. The van der Waals surface area contributed by atoms with Crippen molar-refractivity contribution in [1.82, 2.24) is 0 Å². The van der Waals surface area contributed by atoms with E-state index in [9.17, 15) is 0 Å². The molecule has 6 aromatic rings. The van der Waals surface area contributed by atoms with Crippen LogP contribution in [0.1, 0.15) is 271 Å². The molecule has 0 saturated heterocycles. The maximum atomic E-state index is 15.7. The van der Waals surface area contributed by atoms with Gasteiger partial charge in [0.25, 0.3) is 0 Å². The second-order valence-corrected chi connectivity index (χ2v) is 25.4. The molecule has 0 unspecified atom stereocenters. The van der Waals surface area contributed by atoms with E-state index in [2.05, 4.69) is 126 Å². The van der Waals surface area contributed by atoms with Gasteiger partial charge in [-0.15, -0.1) is 0 Å². The molecule has 0 spiro atoms. The molecule has 0 amide bonds. The van der Waals surface area contributed by atoms with Crippen LogP contribution < -0.4 is 0 Å². The van der Waals surface area contributed by atoms with E-state index in [1.165, 1.54) is 11.1 Å². The summed E-state index contributed by atoms with van der Waals surface area (Å²) in [4.78, 5) is 62.4. The summed E-state index contributed by atoms with van der Waals surface area (Å²) >= 11 is 0. The highest BCUT2D eigenvalue weighted by Gasteiger charge is 2.49. The molecule has 0 atom stereocenters. The van der Waals surface area contributed by atoms with E-state index < -0.39 is 5.41 Å². The fraction of sp³-hybridized carbons (Fsp3) is 0.429. The highest BCUT2D eigenvalue weighted by atomic mass is 16.5. The Morgan fingerprint density at radius 1 is 0.313 bits per heavy atom. The van der Waals surface area contributed by atoms with E-state index in [1.807, 2.05) is 52.0 Å². The molecule has 0 heterocycles. The lowest BCUT2D eigenvalue weighted by Crippen LogP contribution is -2.29. The van der Waals surface area contributed by atoms with Crippen molar-refractivity contribution in [2.24, 2.45) is 0 Å². The molecule has 430 valence electrons. The lowest BCUT2D eigenvalue weighted by Gasteiger charge is -2.34. The predicted molar refractivity (Wildman–Crippen MR) is 339 cm³/mol. The number of ketones is 4. The largest absolute Gasteiger partial charge is 0.486 e. The minimum Gasteiger partial charge on any atom is -0.486 e. The maximum absolute atomic E-state index is 15.7. The van der Waals surface area contributed by atoms with Crippen LogP contribution >= 0.6 is 0 Å². The van der Waals surface area contributed by atoms with Gasteiger partial charge >= 0.3 is 0 Å². The molecule has 0 aliphatic heterocycles. The Balaban J connectivity index is 1.06. The van der Waals surface area contributed by atoms with Gasteiger partial charge in [0.1, 0.15) is 0 Å². The first kappa shape index (κ1) is 57.9. The third kappa shape index (κ3) is 9.35. The average Bonchev–Trinajstić information content (AvgIpc) is 1.72. The molecular weight excluding hydrogens is 1020 g/mol. The van der Waals surface area contributed by atoms with Crippen LogP contribution in [0.4, 0.5) is 0 Å². The van der Waals surface area contributed by atoms with Gasteiger partial charge in [0.15, 0.2) is 23.1 Å². The second kappa shape index (κ2) is 23.3. The summed E-state index contributed by atoms with van der Waals surface area (Å²) in [6, 6.07) is 38.3. The van der Waals surface area contributed by atoms with Gasteiger partial charge in [-0.25, -0.2) is 0 Å². The smallest absolute Gasteiger partial charge is 0.229 e. The SMILES string of the molecule is CCCCC1(CCCC)c2cc(C3=C(OC(C)C)C(=O)c4cc5c(cc4C3=O)-c3ccccc3C5(CCCC)CCCC)ccc2-c2ccc(C3=C(OC(C)C)C(=O)c4cc5c(cc4C3=O)-c3ccccc3C5(CCCC)CCCC)cc21. The molecule has 83 heavy (non-hydrogen) atoms. The number of ether oxygens (including phenoxy) is 2.